The number of sulfonamides is 1. The number of hydrogen-bond acceptors (Lipinski definition) is 3. The Hall–Kier alpha value is -1.66. The monoisotopic (exact) mass is 490 g/mol. The number of thiophene rings is 1. The highest BCUT2D eigenvalue weighted by Crippen LogP contribution is 2.36. The lowest BCUT2D eigenvalue weighted by atomic mass is 10.2. The third-order valence-electron chi connectivity index (χ3n) is 3.20. The number of anilines is 1. The molecule has 2 aromatic heterocycles. The number of fused-ring (bicyclic) bond motifs is 1. The largest absolute Gasteiger partial charge is 0.419 e. The van der Waals surface area contributed by atoms with Gasteiger partial charge < -0.3 is 4.98 Å². The van der Waals surface area contributed by atoms with Gasteiger partial charge in [-0.25, -0.2) is 17.2 Å². The Kier molecular flexibility index (Phi) is 6.22. The lowest BCUT2D eigenvalue weighted by Gasteiger charge is -2.12. The van der Waals surface area contributed by atoms with Crippen LogP contribution in [0.2, 0.25) is 0 Å². The Morgan fingerprint density at radius 1 is 1.11 bits per heavy atom. The van der Waals surface area contributed by atoms with Crippen molar-refractivity contribution in [1.29, 1.82) is 0 Å². The zero-order valence-electron chi connectivity index (χ0n) is 13.7. The Bertz CT molecular complexity index is 1070. The van der Waals surface area contributed by atoms with E-state index in [9.17, 15) is 30.4 Å². The van der Waals surface area contributed by atoms with Gasteiger partial charge in [-0.05, 0) is 28.1 Å². The van der Waals surface area contributed by atoms with E-state index in [1.54, 1.807) is 4.72 Å². The van der Waals surface area contributed by atoms with Gasteiger partial charge in [0.05, 0.1) is 15.0 Å². The van der Waals surface area contributed by atoms with Gasteiger partial charge in [-0.3, -0.25) is 4.72 Å². The maximum atomic E-state index is 13.8. The highest BCUT2D eigenvalue weighted by atomic mass is 79.9. The van der Waals surface area contributed by atoms with Crippen LogP contribution in [0.1, 0.15) is 19.4 Å². The first-order chi connectivity index (χ1) is 12.5. The van der Waals surface area contributed by atoms with Gasteiger partial charge in [-0.1, -0.05) is 13.8 Å². The molecule has 1 aromatic carbocycles. The van der Waals surface area contributed by atoms with Crippen molar-refractivity contribution in [3.8, 4) is 0 Å². The highest BCUT2D eigenvalue weighted by Gasteiger charge is 2.35. The number of halogens is 6. The van der Waals surface area contributed by atoms with Crippen LogP contribution in [0.4, 0.5) is 27.6 Å². The van der Waals surface area contributed by atoms with Gasteiger partial charge in [0.15, 0.2) is 0 Å². The van der Waals surface area contributed by atoms with Gasteiger partial charge in [0.25, 0.3) is 10.0 Å². The summed E-state index contributed by atoms with van der Waals surface area (Å²) in [5.41, 5.74) is -2.74. The SMILES string of the molecule is CC.O=S(=O)(Nc1cc(F)c(C(F)(F)F)cc1F)c1c[nH]c2sc(Br)cc12. The van der Waals surface area contributed by atoms with Gasteiger partial charge in [0.1, 0.15) is 21.4 Å². The number of alkyl halides is 3. The molecule has 0 radical (unpaired) electrons. The molecule has 12 heteroatoms. The van der Waals surface area contributed by atoms with Crippen molar-refractivity contribution in [3.05, 3.63) is 45.4 Å². The molecule has 4 nitrogen and oxygen atoms in total. The minimum Gasteiger partial charge on any atom is -0.352 e. The van der Waals surface area contributed by atoms with Crippen molar-refractivity contribution in [1.82, 2.24) is 4.98 Å². The van der Waals surface area contributed by atoms with Crippen LogP contribution < -0.4 is 4.72 Å². The summed E-state index contributed by atoms with van der Waals surface area (Å²) in [6, 6.07) is 1.57. The number of aromatic nitrogens is 1. The highest BCUT2D eigenvalue weighted by molar-refractivity contribution is 9.11. The predicted octanol–water partition coefficient (Wildman–Crippen LogP) is 6.12. The maximum Gasteiger partial charge on any atom is 0.419 e. The minimum atomic E-state index is -5.10. The first-order valence-electron chi connectivity index (χ1n) is 7.34. The fourth-order valence-electron chi connectivity index (χ4n) is 2.12. The molecule has 0 aliphatic rings. The molecular formula is C15H12BrF5N2O2S2. The van der Waals surface area contributed by atoms with Crippen molar-refractivity contribution in [2.45, 2.75) is 24.9 Å². The molecule has 0 unspecified atom stereocenters. The molecule has 0 fully saturated rings. The second-order valence-electron chi connectivity index (χ2n) is 4.86. The molecule has 0 saturated heterocycles. The summed E-state index contributed by atoms with van der Waals surface area (Å²) in [6.45, 7) is 4.00. The zero-order valence-corrected chi connectivity index (χ0v) is 16.9. The first kappa shape index (κ1) is 21.6. The van der Waals surface area contributed by atoms with Crippen LogP contribution in [0.15, 0.2) is 33.1 Å². The number of hydrogen-bond donors (Lipinski definition) is 2. The molecule has 27 heavy (non-hydrogen) atoms. The van der Waals surface area contributed by atoms with Crippen molar-refractivity contribution in [2.75, 3.05) is 4.72 Å². The fourth-order valence-corrected chi connectivity index (χ4v) is 4.89. The Morgan fingerprint density at radius 2 is 1.74 bits per heavy atom. The van der Waals surface area contributed by atoms with Gasteiger partial charge >= 0.3 is 6.18 Å². The van der Waals surface area contributed by atoms with E-state index in [0.717, 1.165) is 6.20 Å². The van der Waals surface area contributed by atoms with E-state index in [2.05, 4.69) is 20.9 Å². The normalized spacial score (nSPS) is 12.0. The molecule has 0 aliphatic heterocycles. The molecule has 0 saturated carbocycles. The first-order valence-corrected chi connectivity index (χ1v) is 10.4. The van der Waals surface area contributed by atoms with E-state index in [0.29, 0.717) is 14.0 Å². The lowest BCUT2D eigenvalue weighted by Crippen LogP contribution is -2.15. The Balaban J connectivity index is 0.00000126. The van der Waals surface area contributed by atoms with Crippen LogP contribution in [-0.2, 0) is 16.2 Å². The molecule has 0 atom stereocenters. The maximum absolute atomic E-state index is 13.8. The summed E-state index contributed by atoms with van der Waals surface area (Å²) in [5.74, 6) is -3.33. The summed E-state index contributed by atoms with van der Waals surface area (Å²) in [6.07, 6.45) is -3.95. The quantitative estimate of drug-likeness (QED) is 0.434. The predicted molar refractivity (Wildman–Crippen MR) is 97.4 cm³/mol. The molecule has 0 amide bonds. The number of rotatable bonds is 3. The summed E-state index contributed by atoms with van der Waals surface area (Å²) in [5, 5.41) is 0.303. The molecule has 148 valence electrons. The zero-order chi connectivity index (χ0) is 20.6. The summed E-state index contributed by atoms with van der Waals surface area (Å²) in [7, 11) is -4.35. The van der Waals surface area contributed by atoms with Gasteiger partial charge in [0, 0.05) is 17.6 Å². The molecule has 3 aromatic rings. The van der Waals surface area contributed by atoms with E-state index < -0.39 is 39.1 Å². The molecular weight excluding hydrogens is 479 g/mol. The summed E-state index contributed by atoms with van der Waals surface area (Å²) in [4.78, 5) is 2.98. The molecule has 0 spiro atoms. The average molecular weight is 491 g/mol. The Morgan fingerprint density at radius 3 is 2.33 bits per heavy atom. The summed E-state index contributed by atoms with van der Waals surface area (Å²) < 4.78 is 92.2. The van der Waals surface area contributed by atoms with Crippen LogP contribution >= 0.6 is 27.3 Å². The molecule has 0 bridgehead atoms. The van der Waals surface area contributed by atoms with E-state index >= 15 is 0 Å². The third kappa shape index (κ3) is 4.43. The van der Waals surface area contributed by atoms with Crippen LogP contribution in [-0.4, -0.2) is 13.4 Å². The summed E-state index contributed by atoms with van der Waals surface area (Å²) >= 11 is 4.40. The molecule has 0 aliphatic carbocycles. The molecule has 2 heterocycles. The average Bonchev–Trinajstić information content (AvgIpc) is 3.10. The third-order valence-corrected chi connectivity index (χ3v) is 6.17. The number of H-pyrrole nitrogens is 1. The fraction of sp³-hybridized carbons (Fsp3) is 0.200. The molecule has 3 rings (SSSR count). The molecule has 2 N–H and O–H groups in total. The standard InChI is InChI=1S/C13H6BrF5N2O2S2.C2H6/c14-11-1-5-10(4-20-12(5)24-11)25(22,23)21-9-3-7(15)6(2-8(9)16)13(17,18)19;1-2/h1-4,20-21H;1-2H3. The van der Waals surface area contributed by atoms with Crippen molar-refractivity contribution in [3.63, 3.8) is 0 Å². The second-order valence-corrected chi connectivity index (χ2v) is 8.94. The van der Waals surface area contributed by atoms with Crippen LogP contribution in [0, 0.1) is 11.6 Å². The van der Waals surface area contributed by atoms with E-state index in [4.69, 9.17) is 0 Å². The topological polar surface area (TPSA) is 62.0 Å². The second kappa shape index (κ2) is 7.76. The van der Waals surface area contributed by atoms with Crippen molar-refractivity contribution < 1.29 is 30.4 Å². The van der Waals surface area contributed by atoms with Gasteiger partial charge in [-0.15, -0.1) is 11.3 Å². The lowest BCUT2D eigenvalue weighted by molar-refractivity contribution is -0.140. The number of benzene rings is 1. The smallest absolute Gasteiger partial charge is 0.352 e. The van der Waals surface area contributed by atoms with E-state index in [1.165, 1.54) is 17.4 Å². The van der Waals surface area contributed by atoms with Crippen molar-refractivity contribution >= 4 is 53.2 Å². The van der Waals surface area contributed by atoms with Crippen molar-refractivity contribution in [2.24, 2.45) is 0 Å². The Labute approximate surface area is 163 Å². The van der Waals surface area contributed by atoms with E-state index in [1.807, 2.05) is 13.8 Å². The van der Waals surface area contributed by atoms with Crippen LogP contribution in [0.5, 0.6) is 0 Å². The minimum absolute atomic E-state index is 0.0962. The number of aromatic amines is 1. The van der Waals surface area contributed by atoms with E-state index in [-0.39, 0.29) is 17.0 Å². The van der Waals surface area contributed by atoms with Crippen LogP contribution in [0.25, 0.3) is 10.2 Å². The number of nitrogens with one attached hydrogen (secondary N) is 2. The van der Waals surface area contributed by atoms with Gasteiger partial charge in [-0.2, -0.15) is 13.2 Å². The van der Waals surface area contributed by atoms with Gasteiger partial charge in [0.2, 0.25) is 0 Å². The van der Waals surface area contributed by atoms with Crippen LogP contribution in [0.3, 0.4) is 0 Å².